The lowest BCUT2D eigenvalue weighted by molar-refractivity contribution is -0.875. The van der Waals surface area contributed by atoms with Gasteiger partial charge in [0.05, 0.1) is 12.4 Å². The van der Waals surface area contributed by atoms with Crippen molar-refractivity contribution in [2.24, 2.45) is 0 Å². The van der Waals surface area contributed by atoms with Gasteiger partial charge in [-0.2, -0.15) is 0 Å². The van der Waals surface area contributed by atoms with E-state index < -0.39 is 144 Å². The number of benzene rings is 6. The highest BCUT2D eigenvalue weighted by atomic mass is 19.2. The van der Waals surface area contributed by atoms with Gasteiger partial charge in [-0.25, -0.2) is 92.6 Å². The summed E-state index contributed by atoms with van der Waals surface area (Å²) in [5.41, 5.74) is -12.0. The monoisotopic (exact) mass is 928 g/mol. The Morgan fingerprint density at radius 1 is 0.312 bits per heavy atom. The van der Waals surface area contributed by atoms with Crippen LogP contribution in [0.4, 0.5) is 87.8 Å². The summed E-state index contributed by atoms with van der Waals surface area (Å²) in [7, 11) is 0. The Bertz CT molecular complexity index is 2580. The molecule has 1 heterocycles. The summed E-state index contributed by atoms with van der Waals surface area (Å²) < 4.78 is 296. The molecular weight excluding hydrogens is 915 g/mol. The normalized spacial score (nSPS) is 11.4. The van der Waals surface area contributed by atoms with E-state index in [4.69, 9.17) is 4.84 Å². The van der Waals surface area contributed by atoms with E-state index in [0.29, 0.717) is 0 Å². The van der Waals surface area contributed by atoms with Crippen LogP contribution in [0, 0.1) is 116 Å². The minimum Gasteiger partial charge on any atom is -0.252 e. The summed E-state index contributed by atoms with van der Waals surface area (Å²) >= 11 is 0. The van der Waals surface area contributed by atoms with Crippen molar-refractivity contribution < 1.29 is 97.4 Å². The third-order valence-electron chi connectivity index (χ3n) is 9.48. The van der Waals surface area contributed by atoms with Crippen LogP contribution in [0.2, 0.25) is 0 Å². The Morgan fingerprint density at radius 3 is 0.844 bits per heavy atom. The average molecular weight is 928 g/mol. The molecule has 0 aliphatic rings. The molecule has 0 unspecified atom stereocenters. The minimum absolute atomic E-state index is 0.788. The van der Waals surface area contributed by atoms with Crippen molar-refractivity contribution in [1.82, 2.24) is 4.98 Å². The van der Waals surface area contributed by atoms with Crippen molar-refractivity contribution in [3.63, 3.8) is 0 Å². The zero-order valence-corrected chi connectivity index (χ0v) is 30.4. The molecule has 1 aromatic heterocycles. The Morgan fingerprint density at radius 2 is 0.562 bits per heavy atom. The standard InChI is InChI=1S/C24BF20.C16H13N2O/c26-5-1(6(27)14(35)21(42)13(5)34)25(2-7(28)15(36)22(43)16(37)8(2)29,3-9(30)17(38)23(44)18(39)10(3)31)4-11(32)19(40)24(45)20(41)12(4)33;1-2-4-14(5-3-1)15-6-8-16(9-7-15)19-18-12-10-17-11-13-18/h;1-13H/q-1;+1. The molecule has 7 aromatic rings. The van der Waals surface area contributed by atoms with E-state index in [0.717, 1.165) is 5.75 Å². The van der Waals surface area contributed by atoms with Gasteiger partial charge in [0.25, 0.3) is 0 Å². The first-order valence-corrected chi connectivity index (χ1v) is 17.0. The molecule has 0 amide bonds. The SMILES string of the molecule is Fc1c(F)c(F)c([B-](c2c(F)c(F)c(F)c(F)c2F)(c2c(F)c(F)c(F)c(F)c2F)c2c(F)c(F)c(F)c(F)c2F)c(F)c1F.c1ccc(-c2ccc(O[n+]3ccncc3)cc2)cc1. The van der Waals surface area contributed by atoms with Crippen molar-refractivity contribution in [3.05, 3.63) is 196 Å². The van der Waals surface area contributed by atoms with Gasteiger partial charge in [0, 0.05) is 4.73 Å². The van der Waals surface area contributed by atoms with E-state index in [1.165, 1.54) is 11.1 Å². The third-order valence-corrected chi connectivity index (χ3v) is 9.48. The summed E-state index contributed by atoms with van der Waals surface area (Å²) in [6.45, 7) is 0. The fraction of sp³-hybridized carbons (Fsp3) is 0. The van der Waals surface area contributed by atoms with Crippen LogP contribution in [0.5, 0.6) is 5.75 Å². The largest absolute Gasteiger partial charge is 0.252 e. The molecule has 0 atom stereocenters. The Hall–Kier alpha value is -7.14. The lowest BCUT2D eigenvalue weighted by Crippen LogP contribution is -2.81. The molecule has 0 saturated heterocycles. The summed E-state index contributed by atoms with van der Waals surface area (Å²) in [4.78, 5) is 9.59. The Labute approximate surface area is 342 Å². The molecule has 0 bridgehead atoms. The lowest BCUT2D eigenvalue weighted by atomic mass is 9.12. The number of aromatic nitrogens is 2. The molecular formula is C40H13BF20N2O. The second-order valence-electron chi connectivity index (χ2n) is 12.9. The second-order valence-corrected chi connectivity index (χ2v) is 12.9. The second kappa shape index (κ2) is 17.6. The number of nitrogens with zero attached hydrogens (tertiary/aromatic N) is 2. The number of hydrogen-bond acceptors (Lipinski definition) is 2. The van der Waals surface area contributed by atoms with Crippen LogP contribution in [0.25, 0.3) is 11.1 Å². The maximum Gasteiger partial charge on any atom is 0.241 e. The van der Waals surface area contributed by atoms with Gasteiger partial charge in [-0.3, -0.25) is 4.98 Å². The van der Waals surface area contributed by atoms with Gasteiger partial charge < -0.3 is 0 Å². The maximum atomic E-state index is 15.4. The summed E-state index contributed by atoms with van der Waals surface area (Å²) in [5, 5.41) is 0. The predicted molar refractivity (Wildman–Crippen MR) is 182 cm³/mol. The fourth-order valence-corrected chi connectivity index (χ4v) is 6.70. The fourth-order valence-electron chi connectivity index (χ4n) is 6.70. The van der Waals surface area contributed by atoms with Crippen LogP contribution in [0.3, 0.4) is 0 Å². The minimum atomic E-state index is -7.22. The number of rotatable bonds is 7. The highest BCUT2D eigenvalue weighted by molar-refractivity contribution is 7.20. The summed E-state index contributed by atoms with van der Waals surface area (Å²) in [6, 6.07) is 18.3. The van der Waals surface area contributed by atoms with Crippen LogP contribution in [0.1, 0.15) is 0 Å². The molecule has 0 radical (unpaired) electrons. The molecule has 64 heavy (non-hydrogen) atoms. The van der Waals surface area contributed by atoms with Crippen LogP contribution < -0.4 is 31.4 Å². The zero-order valence-electron chi connectivity index (χ0n) is 30.4. The van der Waals surface area contributed by atoms with Crippen molar-refractivity contribution in [1.29, 1.82) is 0 Å². The van der Waals surface area contributed by atoms with Gasteiger partial charge in [0.2, 0.25) is 18.1 Å². The van der Waals surface area contributed by atoms with Crippen LogP contribution >= 0.6 is 0 Å². The van der Waals surface area contributed by atoms with Crippen molar-refractivity contribution in [3.8, 4) is 16.9 Å². The lowest BCUT2D eigenvalue weighted by Gasteiger charge is -2.44. The summed E-state index contributed by atoms with van der Waals surface area (Å²) in [6.07, 6.45) is -0.349. The Balaban J connectivity index is 0.000000295. The van der Waals surface area contributed by atoms with E-state index in [1.54, 1.807) is 29.5 Å². The molecule has 0 saturated carbocycles. The molecule has 6 aromatic carbocycles. The molecule has 332 valence electrons. The van der Waals surface area contributed by atoms with Crippen LogP contribution in [-0.2, 0) is 0 Å². The van der Waals surface area contributed by atoms with Crippen molar-refractivity contribution >= 4 is 28.0 Å². The molecule has 0 spiro atoms. The topological polar surface area (TPSA) is 26.0 Å². The van der Waals surface area contributed by atoms with Gasteiger partial charge in [-0.15, -0.1) is 21.9 Å². The first kappa shape index (κ1) is 46.4. The smallest absolute Gasteiger partial charge is 0.241 e. The molecule has 0 aliphatic carbocycles. The number of hydrogen-bond donors (Lipinski definition) is 0. The zero-order chi connectivity index (χ0) is 47.3. The third kappa shape index (κ3) is 7.38. The molecule has 0 aliphatic heterocycles. The van der Waals surface area contributed by atoms with Gasteiger partial charge in [0.1, 0.15) is 52.7 Å². The number of halogens is 20. The summed E-state index contributed by atoms with van der Waals surface area (Å²) in [5.74, 6) is -70.6. The first-order valence-electron chi connectivity index (χ1n) is 17.0. The first-order chi connectivity index (χ1) is 30.1. The predicted octanol–water partition coefficient (Wildman–Crippen LogP) is 8.72. The van der Waals surface area contributed by atoms with Gasteiger partial charge >= 0.3 is 0 Å². The van der Waals surface area contributed by atoms with Gasteiger partial charge in [0.15, 0.2) is 69.8 Å². The Kier molecular flexibility index (Phi) is 12.7. The van der Waals surface area contributed by atoms with Gasteiger partial charge in [-0.05, 0) is 23.3 Å². The van der Waals surface area contributed by atoms with Crippen molar-refractivity contribution in [2.75, 3.05) is 0 Å². The van der Waals surface area contributed by atoms with E-state index in [2.05, 4.69) is 17.1 Å². The molecule has 24 heteroatoms. The average Bonchev–Trinajstić information content (AvgIpc) is 3.30. The molecule has 3 nitrogen and oxygen atoms in total. The maximum absolute atomic E-state index is 15.4. The van der Waals surface area contributed by atoms with Crippen molar-refractivity contribution in [2.45, 2.75) is 0 Å². The van der Waals surface area contributed by atoms with E-state index in [1.807, 2.05) is 42.5 Å². The highest BCUT2D eigenvalue weighted by Crippen LogP contribution is 2.31. The quantitative estimate of drug-likeness (QED) is 0.0526. The van der Waals surface area contributed by atoms with Gasteiger partial charge in [-0.1, -0.05) is 42.5 Å². The van der Waals surface area contributed by atoms with Crippen LogP contribution in [0.15, 0.2) is 79.4 Å². The molecule has 0 N–H and O–H groups in total. The highest BCUT2D eigenvalue weighted by Gasteiger charge is 2.52. The van der Waals surface area contributed by atoms with Crippen LogP contribution in [-0.4, -0.2) is 11.1 Å². The van der Waals surface area contributed by atoms with E-state index in [9.17, 15) is 52.7 Å². The van der Waals surface area contributed by atoms with E-state index >= 15 is 35.1 Å². The molecule has 7 rings (SSSR count). The van der Waals surface area contributed by atoms with E-state index in [-0.39, 0.29) is 0 Å². The molecule has 0 fully saturated rings.